The van der Waals surface area contributed by atoms with E-state index in [1.54, 1.807) is 32.1 Å². The fraction of sp³-hybridized carbons (Fsp3) is 0.481. The lowest BCUT2D eigenvalue weighted by atomic mass is 9.78. The molecule has 0 aliphatic heterocycles. The van der Waals surface area contributed by atoms with E-state index in [0.29, 0.717) is 0 Å². The van der Waals surface area contributed by atoms with Crippen LogP contribution in [0.3, 0.4) is 0 Å². The summed E-state index contributed by atoms with van der Waals surface area (Å²) < 4.78 is 0. The molecule has 2 saturated carbocycles. The highest BCUT2D eigenvalue weighted by Gasteiger charge is 2.20. The first kappa shape index (κ1) is 26.2. The van der Waals surface area contributed by atoms with Gasteiger partial charge in [0.2, 0.25) is 12.2 Å². The summed E-state index contributed by atoms with van der Waals surface area (Å²) >= 11 is 0. The van der Waals surface area contributed by atoms with Gasteiger partial charge in [-0.25, -0.2) is 20.4 Å². The molecule has 0 heterocycles. The quantitative estimate of drug-likeness (QED) is 0.394. The monoisotopic (exact) mass is 420 g/mol. The van der Waals surface area contributed by atoms with Crippen molar-refractivity contribution in [1.82, 2.24) is 0 Å². The zero-order chi connectivity index (χ0) is 22.6. The summed E-state index contributed by atoms with van der Waals surface area (Å²) in [5.74, 6) is 2.24. The molecule has 0 bridgehead atoms. The summed E-state index contributed by atoms with van der Waals surface area (Å²) in [7, 11) is 0. The van der Waals surface area contributed by atoms with E-state index in [1.807, 2.05) is 12.1 Å². The summed E-state index contributed by atoms with van der Waals surface area (Å²) in [6.07, 6.45) is 18.4. The predicted molar refractivity (Wildman–Crippen MR) is 126 cm³/mol. The first-order valence-electron chi connectivity index (χ1n) is 11.4. The Bertz CT molecular complexity index is 672. The van der Waals surface area contributed by atoms with E-state index in [-0.39, 0.29) is 0 Å². The van der Waals surface area contributed by atoms with Crippen LogP contribution in [0.1, 0.15) is 70.6 Å². The van der Waals surface area contributed by atoms with Crippen LogP contribution in [-0.2, 0) is 9.59 Å². The average Bonchev–Trinajstić information content (AvgIpc) is 2.83. The van der Waals surface area contributed by atoms with Gasteiger partial charge < -0.3 is 0 Å². The molecule has 0 amide bonds. The SMILES string of the molecule is C1CCC(CC2CCCCC2)CC1.N=C=O.N=C=O.c1ccc(-c2ccccc2)cc1. The third kappa shape index (κ3) is 12.5. The van der Waals surface area contributed by atoms with Crippen LogP contribution in [-0.4, -0.2) is 12.2 Å². The zero-order valence-electron chi connectivity index (χ0n) is 18.5. The van der Waals surface area contributed by atoms with Gasteiger partial charge in [0.1, 0.15) is 0 Å². The molecule has 2 aliphatic rings. The van der Waals surface area contributed by atoms with Crippen molar-refractivity contribution in [1.29, 1.82) is 10.8 Å². The molecular formula is C27H36N2O2. The molecular weight excluding hydrogens is 384 g/mol. The number of isocyanates is 2. The lowest BCUT2D eigenvalue weighted by Gasteiger charge is -2.28. The second kappa shape index (κ2) is 18.0. The largest absolute Gasteiger partial charge is 0.231 e. The van der Waals surface area contributed by atoms with Gasteiger partial charge in [0.05, 0.1) is 0 Å². The number of rotatable bonds is 3. The van der Waals surface area contributed by atoms with Gasteiger partial charge in [0.15, 0.2) is 0 Å². The van der Waals surface area contributed by atoms with Crippen molar-refractivity contribution in [2.24, 2.45) is 11.8 Å². The minimum atomic E-state index is 0.750. The van der Waals surface area contributed by atoms with Crippen LogP contribution >= 0.6 is 0 Å². The van der Waals surface area contributed by atoms with Crippen molar-refractivity contribution >= 4 is 12.2 Å². The maximum absolute atomic E-state index is 8.35. The Morgan fingerprint density at radius 3 is 1.16 bits per heavy atom. The molecule has 2 aromatic carbocycles. The molecule has 2 aromatic rings. The molecule has 0 atom stereocenters. The molecule has 2 fully saturated rings. The van der Waals surface area contributed by atoms with Gasteiger partial charge in [-0.1, -0.05) is 125 Å². The van der Waals surface area contributed by atoms with E-state index in [4.69, 9.17) is 20.4 Å². The minimum absolute atomic E-state index is 0.750. The van der Waals surface area contributed by atoms with E-state index in [0.717, 1.165) is 24.0 Å². The summed E-state index contributed by atoms with van der Waals surface area (Å²) in [4.78, 5) is 16.7. The minimum Gasteiger partial charge on any atom is -0.222 e. The third-order valence-electron chi connectivity index (χ3n) is 6.00. The average molecular weight is 421 g/mol. The van der Waals surface area contributed by atoms with E-state index in [2.05, 4.69) is 48.5 Å². The Kier molecular flexibility index (Phi) is 15.2. The number of carbonyl (C=O) groups excluding carboxylic acids is 2. The van der Waals surface area contributed by atoms with Crippen molar-refractivity contribution in [3.05, 3.63) is 60.7 Å². The highest BCUT2D eigenvalue weighted by Crippen LogP contribution is 2.34. The first-order valence-corrected chi connectivity index (χ1v) is 11.4. The second-order valence-electron chi connectivity index (χ2n) is 8.18. The fourth-order valence-corrected chi connectivity index (χ4v) is 4.58. The lowest BCUT2D eigenvalue weighted by molar-refractivity contribution is 0.244. The Morgan fingerprint density at radius 1 is 0.581 bits per heavy atom. The van der Waals surface area contributed by atoms with Gasteiger partial charge in [-0.05, 0) is 29.4 Å². The van der Waals surface area contributed by atoms with Gasteiger partial charge in [-0.3, -0.25) is 0 Å². The zero-order valence-corrected chi connectivity index (χ0v) is 18.5. The topological polar surface area (TPSA) is 81.8 Å². The van der Waals surface area contributed by atoms with Crippen LogP contribution in [0, 0.1) is 22.7 Å². The van der Waals surface area contributed by atoms with Crippen molar-refractivity contribution in [2.75, 3.05) is 0 Å². The van der Waals surface area contributed by atoms with Gasteiger partial charge in [-0.15, -0.1) is 0 Å². The smallest absolute Gasteiger partial charge is 0.222 e. The summed E-state index contributed by atoms with van der Waals surface area (Å²) in [6, 6.07) is 20.8. The Morgan fingerprint density at radius 2 is 0.871 bits per heavy atom. The van der Waals surface area contributed by atoms with Crippen molar-refractivity contribution in [3.8, 4) is 11.1 Å². The standard InChI is InChI=1S/C13H24.C12H10.2CHNO/c1-3-7-12(8-4-1)11-13-9-5-2-6-10-13;1-3-7-11(8-4-1)12-9-5-2-6-10-12;2*2-1-3/h12-13H,1-11H2;1-10H;2*2H. The van der Waals surface area contributed by atoms with Gasteiger partial charge in [0, 0.05) is 0 Å². The van der Waals surface area contributed by atoms with Gasteiger partial charge in [-0.2, -0.15) is 0 Å². The molecule has 31 heavy (non-hydrogen) atoms. The predicted octanol–water partition coefficient (Wildman–Crippen LogP) is 7.69. The lowest BCUT2D eigenvalue weighted by Crippen LogP contribution is -2.14. The molecule has 0 saturated heterocycles. The van der Waals surface area contributed by atoms with Crippen molar-refractivity contribution < 1.29 is 9.59 Å². The third-order valence-corrected chi connectivity index (χ3v) is 6.00. The van der Waals surface area contributed by atoms with Gasteiger partial charge >= 0.3 is 0 Å². The van der Waals surface area contributed by atoms with Crippen LogP contribution in [0.2, 0.25) is 0 Å². The molecule has 2 aliphatic carbocycles. The molecule has 0 unspecified atom stereocenters. The van der Waals surface area contributed by atoms with Crippen molar-refractivity contribution in [3.63, 3.8) is 0 Å². The van der Waals surface area contributed by atoms with Crippen LogP contribution in [0.5, 0.6) is 0 Å². The molecule has 2 N–H and O–H groups in total. The number of benzene rings is 2. The summed E-state index contributed by atoms with van der Waals surface area (Å²) in [6.45, 7) is 0. The van der Waals surface area contributed by atoms with Crippen LogP contribution in [0.4, 0.5) is 0 Å². The molecule has 4 heteroatoms. The molecule has 166 valence electrons. The Hall–Kier alpha value is -2.80. The summed E-state index contributed by atoms with van der Waals surface area (Å²) in [5, 5.41) is 10.8. The Balaban J connectivity index is 0.000000249. The van der Waals surface area contributed by atoms with Crippen LogP contribution < -0.4 is 0 Å². The maximum atomic E-state index is 8.35. The number of hydrogen-bond acceptors (Lipinski definition) is 4. The van der Waals surface area contributed by atoms with E-state index in [1.165, 1.54) is 49.7 Å². The van der Waals surface area contributed by atoms with E-state index < -0.39 is 0 Å². The summed E-state index contributed by atoms with van der Waals surface area (Å²) in [5.41, 5.74) is 2.55. The van der Waals surface area contributed by atoms with Crippen LogP contribution in [0.15, 0.2) is 60.7 Å². The van der Waals surface area contributed by atoms with E-state index in [9.17, 15) is 0 Å². The Labute approximate surface area is 187 Å². The molecule has 4 nitrogen and oxygen atoms in total. The highest BCUT2D eigenvalue weighted by molar-refractivity contribution is 5.62. The normalized spacial score (nSPS) is 15.9. The molecule has 0 aromatic heterocycles. The first-order chi connectivity index (χ1) is 15.2. The molecule has 0 radical (unpaired) electrons. The maximum Gasteiger partial charge on any atom is 0.231 e. The van der Waals surface area contributed by atoms with Gasteiger partial charge in [0.25, 0.3) is 0 Å². The van der Waals surface area contributed by atoms with E-state index >= 15 is 0 Å². The number of hydrogen-bond donors (Lipinski definition) is 2. The van der Waals surface area contributed by atoms with Crippen LogP contribution in [0.25, 0.3) is 11.1 Å². The van der Waals surface area contributed by atoms with Crippen molar-refractivity contribution in [2.45, 2.75) is 70.6 Å². The highest BCUT2D eigenvalue weighted by atomic mass is 16.1. The molecule has 4 rings (SSSR count). The molecule has 0 spiro atoms. The number of nitrogens with one attached hydrogen (secondary N) is 2. The second-order valence-corrected chi connectivity index (χ2v) is 8.18. The fourth-order valence-electron chi connectivity index (χ4n) is 4.58.